The number of nitrogens with one attached hydrogen (secondary N) is 1. The molecule has 150 valence electrons. The molecule has 0 spiro atoms. The number of nitrogens with zero attached hydrogens (tertiary/aromatic N) is 1. The van der Waals surface area contributed by atoms with Crippen LogP contribution < -0.4 is 14.8 Å². The smallest absolute Gasteiger partial charge is 0.323 e. The number of amides is 1. The van der Waals surface area contributed by atoms with Gasteiger partial charge in [-0.3, -0.25) is 9.59 Å². The molecule has 1 aromatic heterocycles. The van der Waals surface area contributed by atoms with Crippen molar-refractivity contribution in [1.29, 1.82) is 0 Å². The minimum absolute atomic E-state index is 0.108. The van der Waals surface area contributed by atoms with Crippen molar-refractivity contribution in [3.63, 3.8) is 0 Å². The third kappa shape index (κ3) is 4.03. The zero-order valence-electron chi connectivity index (χ0n) is 16.3. The summed E-state index contributed by atoms with van der Waals surface area (Å²) in [6, 6.07) is 12.8. The van der Waals surface area contributed by atoms with Crippen LogP contribution in [0.2, 0.25) is 0 Å². The zero-order valence-corrected chi connectivity index (χ0v) is 16.3. The van der Waals surface area contributed by atoms with E-state index >= 15 is 0 Å². The summed E-state index contributed by atoms with van der Waals surface area (Å²) < 4.78 is 13.3. The summed E-state index contributed by atoms with van der Waals surface area (Å²) >= 11 is 0. The Kier molecular flexibility index (Phi) is 4.66. The van der Waals surface area contributed by atoms with Gasteiger partial charge in [-0.25, -0.2) is 0 Å². The Morgan fingerprint density at radius 2 is 2.07 bits per heavy atom. The number of carbonyl (C=O) groups is 2. The van der Waals surface area contributed by atoms with Gasteiger partial charge in [-0.15, -0.1) is 0 Å². The molecule has 1 amide bonds. The van der Waals surface area contributed by atoms with Gasteiger partial charge in [0.25, 0.3) is 5.91 Å². The van der Waals surface area contributed by atoms with Gasteiger partial charge in [-0.1, -0.05) is 12.1 Å². The number of hydrogen-bond acceptors (Lipinski definition) is 4. The van der Waals surface area contributed by atoms with Crippen molar-refractivity contribution in [2.24, 2.45) is 0 Å². The van der Waals surface area contributed by atoms with Crippen LogP contribution in [0, 0.1) is 0 Å². The van der Waals surface area contributed by atoms with Gasteiger partial charge in [-0.2, -0.15) is 0 Å². The average molecular weight is 394 g/mol. The number of fused-ring (bicyclic) bond motifs is 2. The highest BCUT2D eigenvalue weighted by Crippen LogP contribution is 2.41. The number of aromatic nitrogens is 1. The third-order valence-corrected chi connectivity index (χ3v) is 4.77. The van der Waals surface area contributed by atoms with E-state index in [9.17, 15) is 9.59 Å². The lowest BCUT2D eigenvalue weighted by molar-refractivity contribution is -0.137. The fourth-order valence-electron chi connectivity index (χ4n) is 3.60. The van der Waals surface area contributed by atoms with E-state index < -0.39 is 5.97 Å². The van der Waals surface area contributed by atoms with E-state index in [4.69, 9.17) is 14.6 Å². The Bertz CT molecular complexity index is 1100. The van der Waals surface area contributed by atoms with Crippen molar-refractivity contribution in [2.45, 2.75) is 32.4 Å². The molecule has 0 aliphatic carbocycles. The first-order chi connectivity index (χ1) is 13.8. The van der Waals surface area contributed by atoms with Gasteiger partial charge in [0, 0.05) is 34.8 Å². The molecule has 1 aliphatic heterocycles. The molecule has 2 heterocycles. The quantitative estimate of drug-likeness (QED) is 0.668. The summed E-state index contributed by atoms with van der Waals surface area (Å²) in [5.74, 6) is 0.0666. The van der Waals surface area contributed by atoms with E-state index in [2.05, 4.69) is 5.32 Å². The van der Waals surface area contributed by atoms with Crippen molar-refractivity contribution in [3.8, 4) is 11.5 Å². The zero-order chi connectivity index (χ0) is 20.6. The number of carbonyl (C=O) groups excluding carboxylic acids is 1. The summed E-state index contributed by atoms with van der Waals surface area (Å²) in [5.41, 5.74) is 2.21. The Morgan fingerprint density at radius 1 is 1.24 bits per heavy atom. The van der Waals surface area contributed by atoms with E-state index in [1.54, 1.807) is 35.0 Å². The number of anilines is 1. The fraction of sp³-hybridized carbons (Fsp3) is 0.273. The Morgan fingerprint density at radius 3 is 2.86 bits per heavy atom. The molecule has 3 aromatic rings. The summed E-state index contributed by atoms with van der Waals surface area (Å²) in [5, 5.41) is 12.6. The molecule has 7 heteroatoms. The molecule has 0 fully saturated rings. The first-order valence-electron chi connectivity index (χ1n) is 9.35. The molecule has 0 saturated heterocycles. The lowest BCUT2D eigenvalue weighted by atomic mass is 10.0. The lowest BCUT2D eigenvalue weighted by Gasteiger charge is -2.18. The Hall–Kier alpha value is -3.48. The van der Waals surface area contributed by atoms with Crippen molar-refractivity contribution >= 4 is 28.5 Å². The molecule has 2 N–H and O–H groups in total. The average Bonchev–Trinajstić information content (AvgIpc) is 3.18. The molecular formula is C22H22N2O5. The second-order valence-electron chi connectivity index (χ2n) is 7.73. The molecule has 4 rings (SSSR count). The van der Waals surface area contributed by atoms with Gasteiger partial charge in [0.05, 0.1) is 0 Å². The van der Waals surface area contributed by atoms with Gasteiger partial charge in [0.2, 0.25) is 0 Å². The predicted octanol–water partition coefficient (Wildman–Crippen LogP) is 3.46. The number of rotatable bonds is 6. The van der Waals surface area contributed by atoms with Crippen LogP contribution in [0.5, 0.6) is 11.5 Å². The number of benzene rings is 2. The van der Waals surface area contributed by atoms with Crippen LogP contribution in [0.15, 0.2) is 48.7 Å². The van der Waals surface area contributed by atoms with Gasteiger partial charge in [-0.05, 0) is 44.2 Å². The molecular weight excluding hydrogens is 372 g/mol. The van der Waals surface area contributed by atoms with Crippen LogP contribution >= 0.6 is 0 Å². The number of carboxylic acids is 1. The number of ether oxygens (including phenoxy) is 2. The first kappa shape index (κ1) is 18.9. The molecule has 2 aromatic carbocycles. The molecule has 0 bridgehead atoms. The fourth-order valence-corrected chi connectivity index (χ4v) is 3.60. The van der Waals surface area contributed by atoms with Crippen LogP contribution in [-0.4, -0.2) is 33.8 Å². The summed E-state index contributed by atoms with van der Waals surface area (Å²) in [6.45, 7) is 3.79. The molecule has 0 saturated carbocycles. The molecule has 7 nitrogen and oxygen atoms in total. The van der Waals surface area contributed by atoms with Gasteiger partial charge in [0.15, 0.2) is 18.1 Å². The van der Waals surface area contributed by atoms with Crippen LogP contribution in [0.3, 0.4) is 0 Å². The molecule has 0 atom stereocenters. The summed E-state index contributed by atoms with van der Waals surface area (Å²) in [7, 11) is 0. The largest absolute Gasteiger partial charge is 0.483 e. The van der Waals surface area contributed by atoms with Gasteiger partial charge < -0.3 is 24.5 Å². The highest BCUT2D eigenvalue weighted by molar-refractivity contribution is 5.95. The number of carboxylic acid groups (broad SMARTS) is 1. The minimum atomic E-state index is -0.906. The van der Waals surface area contributed by atoms with Crippen molar-refractivity contribution in [2.75, 3.05) is 11.9 Å². The maximum absolute atomic E-state index is 12.3. The Labute approximate surface area is 167 Å². The van der Waals surface area contributed by atoms with Crippen LogP contribution in [-0.2, 0) is 22.6 Å². The van der Waals surface area contributed by atoms with E-state index in [0.717, 1.165) is 22.9 Å². The standard InChI is InChI=1S/C22H22N2O5/c1-22(2)11-15-4-3-5-18(21(15)29-22)28-13-19(25)23-16-6-7-17-14(10-16)8-9-24(17)12-20(26)27/h3-10H,11-13H2,1-2H3,(H,23,25)(H,26,27). The van der Waals surface area contributed by atoms with E-state index in [0.29, 0.717) is 17.2 Å². The minimum Gasteiger partial charge on any atom is -0.483 e. The number of para-hydroxylation sites is 1. The van der Waals surface area contributed by atoms with Crippen molar-refractivity contribution in [3.05, 3.63) is 54.2 Å². The third-order valence-electron chi connectivity index (χ3n) is 4.77. The number of hydrogen-bond donors (Lipinski definition) is 2. The normalized spacial score (nSPS) is 14.3. The van der Waals surface area contributed by atoms with Gasteiger partial charge in [0.1, 0.15) is 12.1 Å². The van der Waals surface area contributed by atoms with E-state index in [1.807, 2.05) is 32.0 Å². The second-order valence-corrected chi connectivity index (χ2v) is 7.73. The van der Waals surface area contributed by atoms with Crippen LogP contribution in [0.1, 0.15) is 19.4 Å². The number of aliphatic carboxylic acids is 1. The van der Waals surface area contributed by atoms with E-state index in [1.165, 1.54) is 0 Å². The topological polar surface area (TPSA) is 89.8 Å². The maximum Gasteiger partial charge on any atom is 0.323 e. The van der Waals surface area contributed by atoms with Crippen molar-refractivity contribution in [1.82, 2.24) is 4.57 Å². The highest BCUT2D eigenvalue weighted by atomic mass is 16.5. The molecule has 1 aliphatic rings. The summed E-state index contributed by atoms with van der Waals surface area (Å²) in [6.07, 6.45) is 2.51. The van der Waals surface area contributed by atoms with Gasteiger partial charge >= 0.3 is 5.97 Å². The first-order valence-corrected chi connectivity index (χ1v) is 9.35. The molecule has 0 unspecified atom stereocenters. The van der Waals surface area contributed by atoms with Crippen LogP contribution in [0.25, 0.3) is 10.9 Å². The SMILES string of the molecule is CC1(C)Cc2cccc(OCC(=O)Nc3ccc4c(ccn4CC(=O)O)c3)c2O1. The second kappa shape index (κ2) is 7.16. The van der Waals surface area contributed by atoms with Crippen molar-refractivity contribution < 1.29 is 24.2 Å². The Balaban J connectivity index is 1.41. The monoisotopic (exact) mass is 394 g/mol. The summed E-state index contributed by atoms with van der Waals surface area (Å²) in [4.78, 5) is 23.3. The lowest BCUT2D eigenvalue weighted by Crippen LogP contribution is -2.25. The van der Waals surface area contributed by atoms with Crippen LogP contribution in [0.4, 0.5) is 5.69 Å². The molecule has 0 radical (unpaired) electrons. The molecule has 29 heavy (non-hydrogen) atoms. The maximum atomic E-state index is 12.3. The van der Waals surface area contributed by atoms with E-state index in [-0.39, 0.29) is 24.7 Å². The highest BCUT2D eigenvalue weighted by Gasteiger charge is 2.32. The predicted molar refractivity (Wildman–Crippen MR) is 109 cm³/mol.